The van der Waals surface area contributed by atoms with E-state index in [1.807, 2.05) is 6.92 Å². The second kappa shape index (κ2) is 6.13. The highest BCUT2D eigenvalue weighted by Crippen LogP contribution is 2.25. The third-order valence-electron chi connectivity index (χ3n) is 3.91. The Morgan fingerprint density at radius 2 is 2.41 bits per heavy atom. The summed E-state index contributed by atoms with van der Waals surface area (Å²) >= 11 is 0. The molecule has 7 nitrogen and oxygen atoms in total. The van der Waals surface area contributed by atoms with Crippen molar-refractivity contribution >= 4 is 5.91 Å². The molecule has 3 heterocycles. The number of aromatic amines is 1. The number of rotatable bonds is 3. The molecule has 0 radical (unpaired) electrons. The Kier molecular flexibility index (Phi) is 4.04. The van der Waals surface area contributed by atoms with Crippen LogP contribution < -0.4 is 5.56 Å². The van der Waals surface area contributed by atoms with Gasteiger partial charge in [-0.15, -0.1) is 0 Å². The van der Waals surface area contributed by atoms with Gasteiger partial charge in [0.05, 0.1) is 0 Å². The Morgan fingerprint density at radius 1 is 1.55 bits per heavy atom. The van der Waals surface area contributed by atoms with E-state index in [9.17, 15) is 9.59 Å². The normalized spacial score (nSPS) is 18.4. The molecule has 0 unspecified atom stereocenters. The molecule has 0 aromatic carbocycles. The molecule has 7 heteroatoms. The lowest BCUT2D eigenvalue weighted by atomic mass is 9.97. The van der Waals surface area contributed by atoms with E-state index in [2.05, 4.69) is 15.1 Å². The molecule has 1 fully saturated rings. The summed E-state index contributed by atoms with van der Waals surface area (Å²) < 4.78 is 5.15. The first kappa shape index (κ1) is 14.5. The van der Waals surface area contributed by atoms with E-state index in [1.165, 1.54) is 6.20 Å². The highest BCUT2D eigenvalue weighted by atomic mass is 16.5. The predicted molar refractivity (Wildman–Crippen MR) is 78.6 cm³/mol. The van der Waals surface area contributed by atoms with Crippen LogP contribution in [0.1, 0.15) is 47.8 Å². The van der Waals surface area contributed by atoms with E-state index in [0.717, 1.165) is 12.8 Å². The smallest absolute Gasteiger partial charge is 0.260 e. The van der Waals surface area contributed by atoms with Gasteiger partial charge in [0.2, 0.25) is 5.89 Å². The van der Waals surface area contributed by atoms with Crippen LogP contribution in [-0.4, -0.2) is 39.0 Å². The van der Waals surface area contributed by atoms with Crippen LogP contribution in [0.5, 0.6) is 0 Å². The highest BCUT2D eigenvalue weighted by Gasteiger charge is 2.29. The quantitative estimate of drug-likeness (QED) is 0.923. The lowest BCUT2D eigenvalue weighted by molar-refractivity contribution is 0.0701. The van der Waals surface area contributed by atoms with Gasteiger partial charge in [0.25, 0.3) is 11.5 Å². The number of nitrogens with one attached hydrogen (secondary N) is 1. The van der Waals surface area contributed by atoms with Crippen molar-refractivity contribution in [1.82, 2.24) is 20.0 Å². The third-order valence-corrected chi connectivity index (χ3v) is 3.91. The Morgan fingerprint density at radius 3 is 3.14 bits per heavy atom. The number of aromatic nitrogens is 3. The summed E-state index contributed by atoms with van der Waals surface area (Å²) in [5, 5.41) is 4.00. The number of aryl methyl sites for hydroxylation is 1. The van der Waals surface area contributed by atoms with Crippen molar-refractivity contribution in [3.63, 3.8) is 0 Å². The first-order chi connectivity index (χ1) is 10.7. The van der Waals surface area contributed by atoms with Gasteiger partial charge < -0.3 is 14.4 Å². The number of carbonyl (C=O) groups is 1. The molecule has 0 saturated carbocycles. The highest BCUT2D eigenvalue weighted by molar-refractivity contribution is 5.93. The maximum atomic E-state index is 12.5. The first-order valence-corrected chi connectivity index (χ1v) is 7.48. The molecule has 1 saturated heterocycles. The van der Waals surface area contributed by atoms with Gasteiger partial charge >= 0.3 is 0 Å². The topological polar surface area (TPSA) is 92.1 Å². The van der Waals surface area contributed by atoms with E-state index in [1.54, 1.807) is 17.0 Å². The standard InChI is InChI=1S/C15H18N4O3/c1-2-12-17-13(18-22-12)10-5-4-8-19(9-10)15(21)11-6-3-7-16-14(11)20/h3,6-7,10H,2,4-5,8-9H2,1H3,(H,16,20)/t10-/m1/s1. The Bertz CT molecular complexity index is 721. The molecule has 2 aromatic heterocycles. The molecule has 1 N–H and O–H groups in total. The zero-order chi connectivity index (χ0) is 15.5. The number of nitrogens with zero attached hydrogens (tertiary/aromatic N) is 3. The molecular formula is C15H18N4O3. The molecule has 1 aliphatic heterocycles. The fourth-order valence-corrected chi connectivity index (χ4v) is 2.71. The van der Waals surface area contributed by atoms with Gasteiger partial charge in [-0.25, -0.2) is 0 Å². The lowest BCUT2D eigenvalue weighted by Crippen LogP contribution is -2.41. The largest absolute Gasteiger partial charge is 0.339 e. The fraction of sp³-hybridized carbons (Fsp3) is 0.467. The molecule has 22 heavy (non-hydrogen) atoms. The molecular weight excluding hydrogens is 284 g/mol. The van der Waals surface area contributed by atoms with E-state index in [0.29, 0.717) is 31.2 Å². The maximum Gasteiger partial charge on any atom is 0.260 e. The second-order valence-electron chi connectivity index (χ2n) is 5.40. The van der Waals surface area contributed by atoms with Crippen molar-refractivity contribution in [1.29, 1.82) is 0 Å². The number of piperidine rings is 1. The molecule has 116 valence electrons. The van der Waals surface area contributed by atoms with Gasteiger partial charge in [-0.3, -0.25) is 9.59 Å². The van der Waals surface area contributed by atoms with Crippen LogP contribution in [0, 0.1) is 0 Å². The first-order valence-electron chi connectivity index (χ1n) is 7.48. The Labute approximate surface area is 127 Å². The molecule has 0 aliphatic carbocycles. The SMILES string of the molecule is CCc1nc([C@@H]2CCCN(C(=O)c3ccc[nH]c3=O)C2)no1. The summed E-state index contributed by atoms with van der Waals surface area (Å²) in [6.07, 6.45) is 3.99. The van der Waals surface area contributed by atoms with Crippen LogP contribution in [0.25, 0.3) is 0 Å². The fourth-order valence-electron chi connectivity index (χ4n) is 2.71. The Hall–Kier alpha value is -2.44. The zero-order valence-electron chi connectivity index (χ0n) is 12.4. The van der Waals surface area contributed by atoms with Gasteiger partial charge in [0.1, 0.15) is 5.56 Å². The van der Waals surface area contributed by atoms with Gasteiger partial charge in [-0.1, -0.05) is 12.1 Å². The van der Waals surface area contributed by atoms with Gasteiger partial charge in [0.15, 0.2) is 5.82 Å². The number of hydrogen-bond acceptors (Lipinski definition) is 5. The number of carbonyl (C=O) groups excluding carboxylic acids is 1. The second-order valence-corrected chi connectivity index (χ2v) is 5.40. The summed E-state index contributed by atoms with van der Waals surface area (Å²) in [5.41, 5.74) is -0.187. The van der Waals surface area contributed by atoms with Crippen molar-refractivity contribution in [3.8, 4) is 0 Å². The number of hydrogen-bond donors (Lipinski definition) is 1. The van der Waals surface area contributed by atoms with E-state index in [4.69, 9.17) is 4.52 Å². The number of amides is 1. The van der Waals surface area contributed by atoms with E-state index >= 15 is 0 Å². The van der Waals surface area contributed by atoms with Crippen LogP contribution in [0.2, 0.25) is 0 Å². The summed E-state index contributed by atoms with van der Waals surface area (Å²) in [7, 11) is 0. The summed E-state index contributed by atoms with van der Waals surface area (Å²) in [4.78, 5) is 32.8. The van der Waals surface area contributed by atoms with Crippen LogP contribution in [0.15, 0.2) is 27.6 Å². The molecule has 2 aromatic rings. The zero-order valence-corrected chi connectivity index (χ0v) is 12.4. The monoisotopic (exact) mass is 302 g/mol. The van der Waals surface area contributed by atoms with Crippen molar-refractivity contribution < 1.29 is 9.32 Å². The Balaban J connectivity index is 1.77. The number of likely N-dealkylation sites (tertiary alicyclic amines) is 1. The number of H-pyrrole nitrogens is 1. The average Bonchev–Trinajstić information content (AvgIpc) is 3.04. The predicted octanol–water partition coefficient (Wildman–Crippen LogP) is 1.34. The van der Waals surface area contributed by atoms with E-state index < -0.39 is 0 Å². The lowest BCUT2D eigenvalue weighted by Gasteiger charge is -2.31. The molecule has 1 amide bonds. The maximum absolute atomic E-state index is 12.5. The third kappa shape index (κ3) is 2.79. The summed E-state index contributed by atoms with van der Waals surface area (Å²) in [6.45, 7) is 3.10. The van der Waals surface area contributed by atoms with Crippen LogP contribution in [-0.2, 0) is 6.42 Å². The van der Waals surface area contributed by atoms with Crippen LogP contribution in [0.4, 0.5) is 0 Å². The molecule has 1 aliphatic rings. The van der Waals surface area contributed by atoms with Gasteiger partial charge in [0, 0.05) is 31.6 Å². The van der Waals surface area contributed by atoms with Gasteiger partial charge in [-0.2, -0.15) is 4.98 Å². The van der Waals surface area contributed by atoms with Crippen molar-refractivity contribution in [3.05, 3.63) is 46.0 Å². The molecule has 3 rings (SSSR count). The average molecular weight is 302 g/mol. The van der Waals surface area contributed by atoms with Crippen LogP contribution >= 0.6 is 0 Å². The minimum absolute atomic E-state index is 0.0598. The molecule has 1 atom stereocenters. The van der Waals surface area contributed by atoms with Crippen molar-refractivity contribution in [2.45, 2.75) is 32.1 Å². The minimum atomic E-state index is -0.359. The van der Waals surface area contributed by atoms with E-state index in [-0.39, 0.29) is 22.9 Å². The van der Waals surface area contributed by atoms with Gasteiger partial charge in [-0.05, 0) is 25.0 Å². The molecule has 0 bridgehead atoms. The summed E-state index contributed by atoms with van der Waals surface area (Å²) in [6, 6.07) is 3.21. The van der Waals surface area contributed by atoms with Crippen LogP contribution in [0.3, 0.4) is 0 Å². The van der Waals surface area contributed by atoms with Crippen molar-refractivity contribution in [2.75, 3.05) is 13.1 Å². The molecule has 0 spiro atoms. The van der Waals surface area contributed by atoms with Crippen molar-refractivity contribution in [2.24, 2.45) is 0 Å². The number of pyridine rings is 1. The summed E-state index contributed by atoms with van der Waals surface area (Å²) in [5.74, 6) is 1.07. The minimum Gasteiger partial charge on any atom is -0.339 e.